The number of rotatable bonds is 8. The molecule has 0 spiro atoms. The molecule has 1 atom stereocenters. The van der Waals surface area contributed by atoms with E-state index >= 15 is 0 Å². The fourth-order valence-corrected chi connectivity index (χ4v) is 4.56. The van der Waals surface area contributed by atoms with Crippen molar-refractivity contribution in [3.63, 3.8) is 0 Å². The number of pyridine rings is 1. The van der Waals surface area contributed by atoms with Gasteiger partial charge in [-0.15, -0.1) is 5.53 Å². The van der Waals surface area contributed by atoms with Crippen molar-refractivity contribution < 1.29 is 4.39 Å². The number of anilines is 2. The van der Waals surface area contributed by atoms with E-state index in [0.717, 1.165) is 19.3 Å². The zero-order chi connectivity index (χ0) is 26.4. The lowest BCUT2D eigenvalue weighted by atomic mass is 9.69. The normalized spacial score (nSPS) is 17.1. The van der Waals surface area contributed by atoms with Crippen LogP contribution in [0.3, 0.4) is 0 Å². The summed E-state index contributed by atoms with van der Waals surface area (Å²) in [5, 5.41) is 19.8. The SMILES string of the molecule is [B]C(Nc1cc(Cl)c2ncc(C#N)c(NC(C)(C)CC)c2c1)(C1=CN(C2CC2)NN1)c1ccc(F)cc1. The monoisotopic (exact) mass is 515 g/mol. The summed E-state index contributed by atoms with van der Waals surface area (Å²) >= 11 is 6.71. The second-order valence-electron chi connectivity index (χ2n) is 10.2. The van der Waals surface area contributed by atoms with Gasteiger partial charge in [0.25, 0.3) is 0 Å². The molecule has 7 nitrogen and oxygen atoms in total. The van der Waals surface area contributed by atoms with E-state index in [-0.39, 0.29) is 11.4 Å². The molecule has 1 aliphatic heterocycles. The molecule has 1 aromatic heterocycles. The second kappa shape index (κ2) is 9.44. The minimum atomic E-state index is -1.25. The zero-order valence-electron chi connectivity index (χ0n) is 21.0. The Morgan fingerprint density at radius 1 is 1.24 bits per heavy atom. The lowest BCUT2D eigenvalue weighted by Crippen LogP contribution is -2.45. The van der Waals surface area contributed by atoms with Crippen LogP contribution in [0.15, 0.2) is 54.5 Å². The van der Waals surface area contributed by atoms with Crippen molar-refractivity contribution in [2.45, 2.75) is 57.1 Å². The molecule has 0 amide bonds. The Hall–Kier alpha value is -3.48. The van der Waals surface area contributed by atoms with Gasteiger partial charge in [-0.25, -0.2) is 4.39 Å². The summed E-state index contributed by atoms with van der Waals surface area (Å²) in [5.41, 5.74) is 8.40. The van der Waals surface area contributed by atoms with Crippen molar-refractivity contribution in [2.75, 3.05) is 10.6 Å². The number of halogens is 2. The van der Waals surface area contributed by atoms with Gasteiger partial charge in [0.2, 0.25) is 0 Å². The van der Waals surface area contributed by atoms with E-state index in [9.17, 15) is 9.65 Å². The van der Waals surface area contributed by atoms with Gasteiger partial charge >= 0.3 is 0 Å². The first-order valence-corrected chi connectivity index (χ1v) is 12.7. The fraction of sp³-hybridized carbons (Fsp3) is 0.333. The number of aromatic nitrogens is 1. The molecule has 0 bridgehead atoms. The average Bonchev–Trinajstić information content (AvgIpc) is 3.60. The van der Waals surface area contributed by atoms with Crippen LogP contribution in [0, 0.1) is 17.1 Å². The van der Waals surface area contributed by atoms with E-state index in [1.54, 1.807) is 18.2 Å². The maximum Gasteiger partial charge on any atom is 0.123 e. The van der Waals surface area contributed by atoms with Gasteiger partial charge in [-0.3, -0.25) is 9.99 Å². The molecule has 5 rings (SSSR count). The molecule has 2 aliphatic rings. The predicted octanol–water partition coefficient (Wildman–Crippen LogP) is 5.26. The Morgan fingerprint density at radius 2 is 1.97 bits per heavy atom. The van der Waals surface area contributed by atoms with Crippen LogP contribution in [0.1, 0.15) is 51.2 Å². The minimum Gasteiger partial charge on any atom is -0.379 e. The van der Waals surface area contributed by atoms with Gasteiger partial charge < -0.3 is 16.1 Å². The Morgan fingerprint density at radius 3 is 2.62 bits per heavy atom. The van der Waals surface area contributed by atoms with Gasteiger partial charge in [0.1, 0.15) is 19.7 Å². The molecule has 1 saturated carbocycles. The molecular formula is C27H28BClFN7. The van der Waals surface area contributed by atoms with Crippen molar-refractivity contribution in [3.8, 4) is 6.07 Å². The summed E-state index contributed by atoms with van der Waals surface area (Å²) in [5.74, 6) is -0.352. The molecule has 1 aliphatic carbocycles. The first-order valence-electron chi connectivity index (χ1n) is 12.3. The molecule has 1 fully saturated rings. The van der Waals surface area contributed by atoms with E-state index in [4.69, 9.17) is 19.4 Å². The Bertz CT molecular complexity index is 1420. The predicted molar refractivity (Wildman–Crippen MR) is 146 cm³/mol. The maximum atomic E-state index is 13.8. The van der Waals surface area contributed by atoms with E-state index in [1.807, 2.05) is 17.3 Å². The van der Waals surface area contributed by atoms with Crippen LogP contribution >= 0.6 is 11.6 Å². The lowest BCUT2D eigenvalue weighted by molar-refractivity contribution is 0.260. The molecule has 10 heteroatoms. The molecule has 2 heterocycles. The standard InChI is InChI=1S/C27H28BClFN7/c1-4-26(2,3)34-24-16(13-31)14-32-25-21(24)11-19(12-22(25)29)33-27(28,17-5-7-18(30)8-6-17)23-15-37(36-35-23)20-9-10-20/h5-8,11-12,14-15,20,33,35-36H,4,9-10H2,1-3H3,(H,32,34). The molecule has 0 saturated heterocycles. The van der Waals surface area contributed by atoms with Crippen molar-refractivity contribution in [1.82, 2.24) is 21.0 Å². The van der Waals surface area contributed by atoms with Crippen molar-refractivity contribution in [1.29, 1.82) is 5.26 Å². The third-order valence-corrected chi connectivity index (χ3v) is 7.27. The summed E-state index contributed by atoms with van der Waals surface area (Å²) < 4.78 is 13.8. The number of benzene rings is 2. The number of hydrazine groups is 2. The molecule has 37 heavy (non-hydrogen) atoms. The Kier molecular flexibility index (Phi) is 6.42. The van der Waals surface area contributed by atoms with Gasteiger partial charge in [-0.05, 0) is 62.9 Å². The average molecular weight is 516 g/mol. The van der Waals surface area contributed by atoms with Gasteiger partial charge in [0, 0.05) is 35.1 Å². The molecule has 1 unspecified atom stereocenters. The smallest absolute Gasteiger partial charge is 0.123 e. The van der Waals surface area contributed by atoms with Crippen LogP contribution in [0.4, 0.5) is 15.8 Å². The summed E-state index contributed by atoms with van der Waals surface area (Å²) in [7, 11) is 7.04. The molecule has 188 valence electrons. The highest BCUT2D eigenvalue weighted by molar-refractivity contribution is 6.36. The van der Waals surface area contributed by atoms with Crippen LogP contribution < -0.4 is 21.6 Å². The number of hydrogen-bond acceptors (Lipinski definition) is 7. The van der Waals surface area contributed by atoms with Gasteiger partial charge in [0.15, 0.2) is 0 Å². The molecule has 3 aromatic rings. The minimum absolute atomic E-state index is 0.266. The van der Waals surface area contributed by atoms with Crippen molar-refractivity contribution in [2.24, 2.45) is 0 Å². The van der Waals surface area contributed by atoms with Crippen LogP contribution in [0.5, 0.6) is 0 Å². The Balaban J connectivity index is 1.62. The summed E-state index contributed by atoms with van der Waals surface area (Å²) in [4.78, 5) is 4.45. The first kappa shape index (κ1) is 25.2. The first-order chi connectivity index (χ1) is 17.6. The van der Waals surface area contributed by atoms with Crippen LogP contribution in [-0.2, 0) is 5.44 Å². The number of nitriles is 1. The fourth-order valence-electron chi connectivity index (χ4n) is 4.29. The van der Waals surface area contributed by atoms with Crippen LogP contribution in [0.2, 0.25) is 5.02 Å². The van der Waals surface area contributed by atoms with Crippen LogP contribution in [-0.4, -0.2) is 29.4 Å². The van der Waals surface area contributed by atoms with Gasteiger partial charge in [-0.2, -0.15) is 5.26 Å². The molecule has 2 aromatic carbocycles. The number of nitrogens with zero attached hydrogens (tertiary/aromatic N) is 3. The highest BCUT2D eigenvalue weighted by Gasteiger charge is 2.37. The number of nitrogens with one attached hydrogen (secondary N) is 4. The molecular weight excluding hydrogens is 488 g/mol. The summed E-state index contributed by atoms with van der Waals surface area (Å²) in [6.07, 6.45) is 6.50. The van der Waals surface area contributed by atoms with Gasteiger partial charge in [-0.1, -0.05) is 30.7 Å². The third kappa shape index (κ3) is 4.91. The highest BCUT2D eigenvalue weighted by atomic mass is 35.5. The van der Waals surface area contributed by atoms with Gasteiger partial charge in [0.05, 0.1) is 32.9 Å². The quantitative estimate of drug-likeness (QED) is 0.304. The van der Waals surface area contributed by atoms with E-state index in [0.29, 0.717) is 50.2 Å². The lowest BCUT2D eigenvalue weighted by Gasteiger charge is -2.34. The maximum absolute atomic E-state index is 13.8. The Labute approximate surface area is 222 Å². The largest absolute Gasteiger partial charge is 0.379 e. The number of fused-ring (bicyclic) bond motifs is 1. The topological polar surface area (TPSA) is 88.0 Å². The van der Waals surface area contributed by atoms with Crippen molar-refractivity contribution in [3.05, 3.63) is 76.5 Å². The number of hydrogen-bond donors (Lipinski definition) is 4. The third-order valence-electron chi connectivity index (χ3n) is 6.99. The van der Waals surface area contributed by atoms with Crippen molar-refractivity contribution >= 4 is 41.7 Å². The van der Waals surface area contributed by atoms with Crippen LogP contribution in [0.25, 0.3) is 10.9 Å². The zero-order valence-corrected chi connectivity index (χ0v) is 21.7. The highest BCUT2D eigenvalue weighted by Crippen LogP contribution is 2.39. The molecule has 2 radical (unpaired) electrons. The van der Waals surface area contributed by atoms with E-state index < -0.39 is 5.44 Å². The summed E-state index contributed by atoms with van der Waals surface area (Å²) in [6, 6.07) is 12.3. The second-order valence-corrected chi connectivity index (χ2v) is 10.6. The summed E-state index contributed by atoms with van der Waals surface area (Å²) in [6.45, 7) is 6.22. The van der Waals surface area contributed by atoms with E-state index in [1.165, 1.54) is 18.3 Å². The molecule has 4 N–H and O–H groups in total. The van der Waals surface area contributed by atoms with E-state index in [2.05, 4.69) is 53.4 Å².